The summed E-state index contributed by atoms with van der Waals surface area (Å²) in [7, 11) is 0. The first-order valence-electron chi connectivity index (χ1n) is 5.79. The first kappa shape index (κ1) is 16.6. The van der Waals surface area contributed by atoms with E-state index in [2.05, 4.69) is 14.9 Å². The number of aromatic amines is 1. The number of H-pyrrole nitrogens is 1. The second-order valence-electron chi connectivity index (χ2n) is 4.20. The van der Waals surface area contributed by atoms with Gasteiger partial charge >= 0.3 is 5.97 Å². The number of rotatable bonds is 2. The zero-order valence-electron chi connectivity index (χ0n) is 10.5. The van der Waals surface area contributed by atoms with Crippen molar-refractivity contribution >= 4 is 47.5 Å². The van der Waals surface area contributed by atoms with Gasteiger partial charge in [0.15, 0.2) is 0 Å². The van der Waals surface area contributed by atoms with Gasteiger partial charge in [-0.15, -0.1) is 24.8 Å². The lowest BCUT2D eigenvalue weighted by atomic mass is 10.1. The van der Waals surface area contributed by atoms with Crippen molar-refractivity contribution in [3.63, 3.8) is 0 Å². The summed E-state index contributed by atoms with van der Waals surface area (Å²) < 4.78 is 5.29. The van der Waals surface area contributed by atoms with E-state index in [4.69, 9.17) is 4.74 Å². The van der Waals surface area contributed by atoms with Crippen LogP contribution in [-0.4, -0.2) is 47.3 Å². The average Bonchev–Trinajstić information content (AvgIpc) is 2.86. The molecule has 0 saturated carbocycles. The summed E-state index contributed by atoms with van der Waals surface area (Å²) in [5.41, 5.74) is 2.37. The molecule has 2 heterocycles. The zero-order valence-corrected chi connectivity index (χ0v) is 12.2. The standard InChI is InChI=1S/C12H13N3O3.2ClH/c16-12(17)9-5-8(15-1-3-18-4-2-15)6-10-11(9)14-7-13-10;;/h5-7H,1-4H2,(H,13,14)(H,16,17);2*1H. The lowest BCUT2D eigenvalue weighted by Crippen LogP contribution is -2.36. The summed E-state index contributed by atoms with van der Waals surface area (Å²) in [6.07, 6.45) is 1.51. The summed E-state index contributed by atoms with van der Waals surface area (Å²) in [5.74, 6) is -0.956. The van der Waals surface area contributed by atoms with Crippen molar-refractivity contribution in [3.8, 4) is 0 Å². The average molecular weight is 320 g/mol. The highest BCUT2D eigenvalue weighted by molar-refractivity contribution is 6.02. The first-order chi connectivity index (χ1) is 8.75. The van der Waals surface area contributed by atoms with E-state index in [0.29, 0.717) is 18.7 Å². The van der Waals surface area contributed by atoms with Crippen LogP contribution in [-0.2, 0) is 4.74 Å². The molecule has 2 aromatic rings. The van der Waals surface area contributed by atoms with Crippen molar-refractivity contribution in [2.24, 2.45) is 0 Å². The van der Waals surface area contributed by atoms with Crippen LogP contribution < -0.4 is 4.90 Å². The molecule has 2 N–H and O–H groups in total. The third kappa shape index (κ3) is 2.98. The fraction of sp³-hybridized carbons (Fsp3) is 0.333. The van der Waals surface area contributed by atoms with Crippen molar-refractivity contribution in [1.29, 1.82) is 0 Å². The smallest absolute Gasteiger partial charge is 0.338 e. The third-order valence-electron chi connectivity index (χ3n) is 3.12. The minimum atomic E-state index is -0.956. The van der Waals surface area contributed by atoms with Crippen molar-refractivity contribution in [3.05, 3.63) is 24.0 Å². The highest BCUT2D eigenvalue weighted by Crippen LogP contribution is 2.24. The molecule has 6 nitrogen and oxygen atoms in total. The maximum atomic E-state index is 11.3. The van der Waals surface area contributed by atoms with E-state index in [9.17, 15) is 9.90 Å². The zero-order chi connectivity index (χ0) is 12.5. The normalized spacial score (nSPS) is 14.5. The quantitative estimate of drug-likeness (QED) is 0.884. The molecule has 0 amide bonds. The second kappa shape index (κ2) is 6.78. The number of aromatic nitrogens is 2. The molecule has 1 fully saturated rings. The molecule has 0 atom stereocenters. The largest absolute Gasteiger partial charge is 0.478 e. The molecule has 3 rings (SSSR count). The van der Waals surface area contributed by atoms with E-state index in [-0.39, 0.29) is 30.4 Å². The molecular weight excluding hydrogens is 305 g/mol. The van der Waals surface area contributed by atoms with Crippen LogP contribution in [0, 0.1) is 0 Å². The Kier molecular flexibility index (Phi) is 5.62. The molecule has 1 aliphatic rings. The SMILES string of the molecule is Cl.Cl.O=C(O)c1cc(N2CCOCC2)cc2[nH]cnc12. The highest BCUT2D eigenvalue weighted by Gasteiger charge is 2.17. The van der Waals surface area contributed by atoms with Crippen LogP contribution in [0.25, 0.3) is 11.0 Å². The monoisotopic (exact) mass is 319 g/mol. The minimum absolute atomic E-state index is 0. The highest BCUT2D eigenvalue weighted by atomic mass is 35.5. The lowest BCUT2D eigenvalue weighted by molar-refractivity contribution is 0.0699. The number of nitrogens with zero attached hydrogens (tertiary/aromatic N) is 2. The van der Waals surface area contributed by atoms with E-state index in [0.717, 1.165) is 24.3 Å². The van der Waals surface area contributed by atoms with Gasteiger partial charge in [-0.05, 0) is 12.1 Å². The number of nitrogens with one attached hydrogen (secondary N) is 1. The number of imidazole rings is 1. The maximum Gasteiger partial charge on any atom is 0.338 e. The Hall–Kier alpha value is -1.50. The van der Waals surface area contributed by atoms with Gasteiger partial charge in [-0.2, -0.15) is 0 Å². The number of anilines is 1. The van der Waals surface area contributed by atoms with E-state index in [1.54, 1.807) is 6.07 Å². The van der Waals surface area contributed by atoms with Crippen molar-refractivity contribution in [2.45, 2.75) is 0 Å². The van der Waals surface area contributed by atoms with Gasteiger partial charge in [-0.25, -0.2) is 9.78 Å². The summed E-state index contributed by atoms with van der Waals surface area (Å²) in [5, 5.41) is 9.23. The number of carboxylic acid groups (broad SMARTS) is 1. The number of morpholine rings is 1. The molecular formula is C12H15Cl2N3O3. The maximum absolute atomic E-state index is 11.3. The van der Waals surface area contributed by atoms with E-state index < -0.39 is 5.97 Å². The van der Waals surface area contributed by atoms with E-state index in [1.165, 1.54) is 6.33 Å². The van der Waals surface area contributed by atoms with E-state index >= 15 is 0 Å². The molecule has 1 aromatic heterocycles. The third-order valence-corrected chi connectivity index (χ3v) is 3.12. The van der Waals surface area contributed by atoms with Crippen molar-refractivity contribution in [1.82, 2.24) is 9.97 Å². The Morgan fingerprint density at radius 1 is 1.30 bits per heavy atom. The predicted molar refractivity (Wildman–Crippen MR) is 80.6 cm³/mol. The van der Waals surface area contributed by atoms with Gasteiger partial charge in [-0.1, -0.05) is 0 Å². The van der Waals surface area contributed by atoms with E-state index in [1.807, 2.05) is 6.07 Å². The van der Waals surface area contributed by atoms with Gasteiger partial charge in [0.25, 0.3) is 0 Å². The Morgan fingerprint density at radius 3 is 2.65 bits per heavy atom. The van der Waals surface area contributed by atoms with Crippen LogP contribution in [0.4, 0.5) is 5.69 Å². The number of carboxylic acids is 1. The van der Waals surface area contributed by atoms with Crippen LogP contribution in [0.3, 0.4) is 0 Å². The number of halogens is 2. The van der Waals surface area contributed by atoms with Gasteiger partial charge in [0, 0.05) is 18.8 Å². The number of aromatic carboxylic acids is 1. The summed E-state index contributed by atoms with van der Waals surface area (Å²) in [6, 6.07) is 3.61. The van der Waals surface area contributed by atoms with Gasteiger partial charge in [0.05, 0.1) is 30.6 Å². The Bertz CT molecular complexity index is 597. The Balaban J connectivity index is 0.000001000. The minimum Gasteiger partial charge on any atom is -0.478 e. The molecule has 110 valence electrons. The fourth-order valence-electron chi connectivity index (χ4n) is 2.20. The summed E-state index contributed by atoms with van der Waals surface area (Å²) in [4.78, 5) is 20.4. The summed E-state index contributed by atoms with van der Waals surface area (Å²) >= 11 is 0. The molecule has 1 saturated heterocycles. The van der Waals surface area contributed by atoms with Crippen molar-refractivity contribution in [2.75, 3.05) is 31.2 Å². The topological polar surface area (TPSA) is 78.5 Å². The van der Waals surface area contributed by atoms with Gasteiger partial charge < -0.3 is 19.7 Å². The van der Waals surface area contributed by atoms with Crippen LogP contribution in [0.5, 0.6) is 0 Å². The second-order valence-corrected chi connectivity index (χ2v) is 4.20. The molecule has 0 unspecified atom stereocenters. The molecule has 1 aromatic carbocycles. The molecule has 0 aliphatic carbocycles. The fourth-order valence-corrected chi connectivity index (χ4v) is 2.20. The Morgan fingerprint density at radius 2 is 2.00 bits per heavy atom. The first-order valence-corrected chi connectivity index (χ1v) is 5.79. The van der Waals surface area contributed by atoms with Gasteiger partial charge in [-0.3, -0.25) is 0 Å². The van der Waals surface area contributed by atoms with Gasteiger partial charge in [0.1, 0.15) is 5.52 Å². The lowest BCUT2D eigenvalue weighted by Gasteiger charge is -2.29. The number of fused-ring (bicyclic) bond motifs is 1. The predicted octanol–water partition coefficient (Wildman–Crippen LogP) is 1.94. The molecule has 0 bridgehead atoms. The molecule has 20 heavy (non-hydrogen) atoms. The molecule has 0 spiro atoms. The number of ether oxygens (including phenoxy) is 1. The number of hydrogen-bond acceptors (Lipinski definition) is 4. The van der Waals surface area contributed by atoms with Gasteiger partial charge in [0.2, 0.25) is 0 Å². The van der Waals surface area contributed by atoms with Crippen LogP contribution in [0.1, 0.15) is 10.4 Å². The van der Waals surface area contributed by atoms with Crippen LogP contribution >= 0.6 is 24.8 Å². The Labute approximate surface area is 127 Å². The molecule has 0 radical (unpaired) electrons. The van der Waals surface area contributed by atoms with Crippen LogP contribution in [0.15, 0.2) is 18.5 Å². The number of hydrogen-bond donors (Lipinski definition) is 2. The molecule has 1 aliphatic heterocycles. The number of carbonyl (C=O) groups is 1. The molecule has 8 heteroatoms. The summed E-state index contributed by atoms with van der Waals surface area (Å²) in [6.45, 7) is 2.89. The number of benzene rings is 1. The van der Waals surface area contributed by atoms with Crippen molar-refractivity contribution < 1.29 is 14.6 Å². The van der Waals surface area contributed by atoms with Crippen LogP contribution in [0.2, 0.25) is 0 Å².